The Morgan fingerprint density at radius 3 is 2.95 bits per heavy atom. The highest BCUT2D eigenvalue weighted by molar-refractivity contribution is 5.78. The Hall–Kier alpha value is -0.810. The van der Waals surface area contributed by atoms with Crippen LogP contribution in [-0.2, 0) is 4.74 Å². The van der Waals surface area contributed by atoms with Gasteiger partial charge in [-0.15, -0.1) is 0 Å². The van der Waals surface area contributed by atoms with Crippen LogP contribution >= 0.6 is 0 Å². The monoisotopic (exact) mass is 268 g/mol. The average Bonchev–Trinajstić information content (AvgIpc) is 2.41. The maximum Gasteiger partial charge on any atom is 0.191 e. The fraction of sp³-hybridized carbons (Fsp3) is 0.929. The standard InChI is InChI=1S/C14H28N4O/c1-12-4-3-6-18(10-12)14(15)16-5-7-17-8-9-19-11-13(17)2/h12-13H,3-11H2,1-2H3,(H2,15,16). The molecule has 2 aliphatic rings. The van der Waals surface area contributed by atoms with Crippen LogP contribution in [0.2, 0.25) is 0 Å². The van der Waals surface area contributed by atoms with Crippen molar-refractivity contribution in [3.63, 3.8) is 0 Å². The first-order valence-corrected chi connectivity index (χ1v) is 7.53. The molecule has 0 spiro atoms. The highest BCUT2D eigenvalue weighted by Gasteiger charge is 2.19. The van der Waals surface area contributed by atoms with Crippen LogP contribution in [-0.4, -0.2) is 67.7 Å². The zero-order valence-corrected chi connectivity index (χ0v) is 12.3. The third kappa shape index (κ3) is 4.35. The van der Waals surface area contributed by atoms with Gasteiger partial charge >= 0.3 is 0 Å². The van der Waals surface area contributed by atoms with Crippen molar-refractivity contribution in [2.24, 2.45) is 16.6 Å². The number of morpholine rings is 1. The molecule has 2 unspecified atom stereocenters. The van der Waals surface area contributed by atoms with Gasteiger partial charge in [0, 0.05) is 32.2 Å². The molecule has 5 nitrogen and oxygen atoms in total. The number of nitrogens with zero attached hydrogens (tertiary/aromatic N) is 3. The molecule has 2 rings (SSSR count). The molecule has 0 amide bonds. The molecule has 2 saturated heterocycles. The van der Waals surface area contributed by atoms with Crippen LogP contribution < -0.4 is 5.73 Å². The van der Waals surface area contributed by atoms with Crippen LogP contribution in [0.15, 0.2) is 4.99 Å². The SMILES string of the molecule is CC1CCCN(C(N)=NCCN2CCOCC2C)C1. The summed E-state index contributed by atoms with van der Waals surface area (Å²) in [6.45, 7) is 11.1. The third-order valence-electron chi connectivity index (χ3n) is 4.15. The Morgan fingerprint density at radius 1 is 1.37 bits per heavy atom. The van der Waals surface area contributed by atoms with Gasteiger partial charge < -0.3 is 15.4 Å². The van der Waals surface area contributed by atoms with E-state index in [0.29, 0.717) is 6.04 Å². The van der Waals surface area contributed by atoms with Crippen molar-refractivity contribution in [3.8, 4) is 0 Å². The molecule has 0 aliphatic carbocycles. The van der Waals surface area contributed by atoms with Crippen molar-refractivity contribution in [2.45, 2.75) is 32.7 Å². The molecule has 5 heteroatoms. The molecule has 2 N–H and O–H groups in total. The quantitative estimate of drug-likeness (QED) is 0.606. The number of rotatable bonds is 3. The van der Waals surface area contributed by atoms with Crippen LogP contribution in [0.4, 0.5) is 0 Å². The van der Waals surface area contributed by atoms with Gasteiger partial charge in [0.25, 0.3) is 0 Å². The number of nitrogens with two attached hydrogens (primary N) is 1. The van der Waals surface area contributed by atoms with Gasteiger partial charge in [0.2, 0.25) is 0 Å². The molecule has 19 heavy (non-hydrogen) atoms. The smallest absolute Gasteiger partial charge is 0.191 e. The summed E-state index contributed by atoms with van der Waals surface area (Å²) < 4.78 is 5.44. The van der Waals surface area contributed by atoms with Crippen molar-refractivity contribution >= 4 is 5.96 Å². The topological polar surface area (TPSA) is 54.1 Å². The Bertz CT molecular complexity index is 308. The lowest BCUT2D eigenvalue weighted by Crippen LogP contribution is -2.46. The summed E-state index contributed by atoms with van der Waals surface area (Å²) in [5.41, 5.74) is 6.09. The van der Waals surface area contributed by atoms with E-state index in [-0.39, 0.29) is 0 Å². The zero-order valence-electron chi connectivity index (χ0n) is 12.3. The zero-order chi connectivity index (χ0) is 13.7. The maximum atomic E-state index is 6.09. The summed E-state index contributed by atoms with van der Waals surface area (Å²) in [5.74, 6) is 1.47. The lowest BCUT2D eigenvalue weighted by atomic mass is 10.0. The number of aliphatic imine (C=N–C) groups is 1. The van der Waals surface area contributed by atoms with E-state index in [4.69, 9.17) is 10.5 Å². The number of ether oxygens (including phenoxy) is 1. The van der Waals surface area contributed by atoms with Crippen molar-refractivity contribution in [1.82, 2.24) is 9.80 Å². The van der Waals surface area contributed by atoms with Crippen LogP contribution in [0, 0.1) is 5.92 Å². The Labute approximate surface area is 116 Å². The fourth-order valence-corrected chi connectivity index (χ4v) is 2.88. The largest absolute Gasteiger partial charge is 0.379 e. The summed E-state index contributed by atoms with van der Waals surface area (Å²) >= 11 is 0. The predicted molar refractivity (Wildman–Crippen MR) is 78.3 cm³/mol. The molecule has 2 fully saturated rings. The van der Waals surface area contributed by atoms with Crippen LogP contribution in [0.25, 0.3) is 0 Å². The second-order valence-corrected chi connectivity index (χ2v) is 5.89. The fourth-order valence-electron chi connectivity index (χ4n) is 2.88. The van der Waals surface area contributed by atoms with Crippen LogP contribution in [0.5, 0.6) is 0 Å². The predicted octanol–water partition coefficient (Wildman–Crippen LogP) is 0.754. The van der Waals surface area contributed by atoms with E-state index < -0.39 is 0 Å². The molecule has 2 aliphatic heterocycles. The summed E-state index contributed by atoms with van der Waals surface area (Å²) in [6, 6.07) is 0.500. The molecule has 0 aromatic rings. The van der Waals surface area contributed by atoms with E-state index in [1.54, 1.807) is 0 Å². The van der Waals surface area contributed by atoms with E-state index in [0.717, 1.165) is 57.8 Å². The first-order chi connectivity index (χ1) is 9.16. The van der Waals surface area contributed by atoms with Crippen LogP contribution in [0.3, 0.4) is 0 Å². The van der Waals surface area contributed by atoms with Crippen LogP contribution in [0.1, 0.15) is 26.7 Å². The Balaban J connectivity index is 1.74. The van der Waals surface area contributed by atoms with Crippen molar-refractivity contribution in [2.75, 3.05) is 45.9 Å². The first kappa shape index (κ1) is 14.6. The van der Waals surface area contributed by atoms with E-state index >= 15 is 0 Å². The number of piperidine rings is 1. The number of hydrogen-bond donors (Lipinski definition) is 1. The third-order valence-corrected chi connectivity index (χ3v) is 4.15. The van der Waals surface area contributed by atoms with Gasteiger partial charge in [0.05, 0.1) is 19.8 Å². The first-order valence-electron chi connectivity index (χ1n) is 7.53. The molecular formula is C14H28N4O. The molecule has 2 atom stereocenters. The molecule has 110 valence electrons. The summed E-state index contributed by atoms with van der Waals surface area (Å²) in [7, 11) is 0. The van der Waals surface area contributed by atoms with Gasteiger partial charge in [-0.1, -0.05) is 6.92 Å². The van der Waals surface area contributed by atoms with Crippen molar-refractivity contribution in [3.05, 3.63) is 0 Å². The number of guanidine groups is 1. The van der Waals surface area contributed by atoms with Gasteiger partial charge in [-0.25, -0.2) is 0 Å². The average molecular weight is 268 g/mol. The van der Waals surface area contributed by atoms with Gasteiger partial charge in [-0.05, 0) is 25.7 Å². The molecule has 0 bridgehead atoms. The van der Waals surface area contributed by atoms with E-state index in [1.165, 1.54) is 12.8 Å². The summed E-state index contributed by atoms with van der Waals surface area (Å²) in [4.78, 5) is 9.21. The molecule has 0 aromatic heterocycles. The minimum atomic E-state index is 0.500. The number of hydrogen-bond acceptors (Lipinski definition) is 3. The van der Waals surface area contributed by atoms with Gasteiger partial charge in [0.15, 0.2) is 5.96 Å². The highest BCUT2D eigenvalue weighted by Crippen LogP contribution is 2.14. The highest BCUT2D eigenvalue weighted by atomic mass is 16.5. The second-order valence-electron chi connectivity index (χ2n) is 5.89. The van der Waals surface area contributed by atoms with E-state index in [2.05, 4.69) is 28.6 Å². The van der Waals surface area contributed by atoms with Gasteiger partial charge in [-0.2, -0.15) is 0 Å². The molecule has 0 radical (unpaired) electrons. The molecule has 2 heterocycles. The van der Waals surface area contributed by atoms with Gasteiger partial charge in [-0.3, -0.25) is 9.89 Å². The lowest BCUT2D eigenvalue weighted by Gasteiger charge is -2.33. The maximum absolute atomic E-state index is 6.09. The van der Waals surface area contributed by atoms with Crippen molar-refractivity contribution < 1.29 is 4.74 Å². The normalized spacial score (nSPS) is 30.6. The minimum Gasteiger partial charge on any atom is -0.379 e. The lowest BCUT2D eigenvalue weighted by molar-refractivity contribution is 0.00139. The van der Waals surface area contributed by atoms with Crippen molar-refractivity contribution in [1.29, 1.82) is 0 Å². The molecule has 0 aromatic carbocycles. The second kappa shape index (κ2) is 7.10. The molecule has 0 saturated carbocycles. The number of likely N-dealkylation sites (tertiary alicyclic amines) is 1. The Morgan fingerprint density at radius 2 is 2.21 bits per heavy atom. The van der Waals surface area contributed by atoms with E-state index in [1.807, 2.05) is 0 Å². The van der Waals surface area contributed by atoms with Gasteiger partial charge in [0.1, 0.15) is 0 Å². The molecular weight excluding hydrogens is 240 g/mol. The Kier molecular flexibility index (Phi) is 5.45. The van der Waals surface area contributed by atoms with E-state index in [9.17, 15) is 0 Å². The summed E-state index contributed by atoms with van der Waals surface area (Å²) in [5, 5.41) is 0. The minimum absolute atomic E-state index is 0.500. The summed E-state index contributed by atoms with van der Waals surface area (Å²) in [6.07, 6.45) is 2.55.